The van der Waals surface area contributed by atoms with E-state index in [2.05, 4.69) is 36.2 Å². The molecule has 0 saturated carbocycles. The minimum atomic E-state index is -3.58. The van der Waals surface area contributed by atoms with E-state index in [0.29, 0.717) is 5.82 Å². The minimum absolute atomic E-state index is 0.159. The Hall–Kier alpha value is -1.71. The molecular weight excluding hydrogens is 370 g/mol. The highest BCUT2D eigenvalue weighted by Crippen LogP contribution is 2.23. The third-order valence-corrected chi connectivity index (χ3v) is 4.75. The first-order valence-corrected chi connectivity index (χ1v) is 8.58. The van der Waals surface area contributed by atoms with Crippen LogP contribution < -0.4 is 10.0 Å². The predicted octanol–water partition coefficient (Wildman–Crippen LogP) is 2.51. The Morgan fingerprint density at radius 3 is 2.27 bits per heavy atom. The number of hydrogen-bond donors (Lipinski definition) is 2. The Labute approximate surface area is 138 Å². The van der Waals surface area contributed by atoms with Crippen molar-refractivity contribution in [3.05, 3.63) is 40.4 Å². The number of aryl methyl sites for hydroxylation is 1. The van der Waals surface area contributed by atoms with Crippen molar-refractivity contribution in [1.29, 1.82) is 0 Å². The van der Waals surface area contributed by atoms with E-state index in [-0.39, 0.29) is 5.82 Å². The van der Waals surface area contributed by atoms with Crippen LogP contribution in [0, 0.1) is 6.92 Å². The molecule has 22 heavy (non-hydrogen) atoms. The highest BCUT2D eigenvalue weighted by atomic mass is 79.9. The lowest BCUT2D eigenvalue weighted by Crippen LogP contribution is -2.29. The van der Waals surface area contributed by atoms with Crippen LogP contribution in [-0.2, 0) is 10.2 Å². The summed E-state index contributed by atoms with van der Waals surface area (Å²) in [6, 6.07) is 9.02. The summed E-state index contributed by atoms with van der Waals surface area (Å²) in [5, 5.41) is 10.9. The van der Waals surface area contributed by atoms with Gasteiger partial charge in [0.1, 0.15) is 0 Å². The van der Waals surface area contributed by atoms with Gasteiger partial charge in [-0.05, 0) is 42.8 Å². The van der Waals surface area contributed by atoms with E-state index in [0.717, 1.165) is 20.0 Å². The van der Waals surface area contributed by atoms with Crippen molar-refractivity contribution in [2.24, 2.45) is 0 Å². The second-order valence-corrected chi connectivity index (χ2v) is 7.58. The van der Waals surface area contributed by atoms with Crippen LogP contribution in [0.15, 0.2) is 34.8 Å². The predicted molar refractivity (Wildman–Crippen MR) is 90.4 cm³/mol. The van der Waals surface area contributed by atoms with Crippen LogP contribution in [0.2, 0.25) is 0 Å². The number of benzene rings is 1. The molecule has 2 aromatic rings. The van der Waals surface area contributed by atoms with Gasteiger partial charge in [0, 0.05) is 24.3 Å². The number of rotatable bonds is 5. The van der Waals surface area contributed by atoms with E-state index >= 15 is 0 Å². The normalized spacial score (nSPS) is 11.5. The Morgan fingerprint density at radius 1 is 1.09 bits per heavy atom. The molecule has 0 atom stereocenters. The van der Waals surface area contributed by atoms with Crippen LogP contribution in [0.4, 0.5) is 17.3 Å². The molecule has 118 valence electrons. The summed E-state index contributed by atoms with van der Waals surface area (Å²) in [5.74, 6) is 0.685. The SMILES string of the molecule is Cc1cc(Br)ccc1Nc1ccc(NS(=O)(=O)N(C)C)nn1. The maximum Gasteiger partial charge on any atom is 0.302 e. The molecule has 7 nitrogen and oxygen atoms in total. The molecule has 0 fully saturated rings. The van der Waals surface area contributed by atoms with Crippen LogP contribution in [0.3, 0.4) is 0 Å². The molecule has 0 radical (unpaired) electrons. The molecule has 0 spiro atoms. The summed E-state index contributed by atoms with van der Waals surface area (Å²) in [4.78, 5) is 0. The number of hydrogen-bond acceptors (Lipinski definition) is 5. The summed E-state index contributed by atoms with van der Waals surface area (Å²) >= 11 is 3.41. The lowest BCUT2D eigenvalue weighted by molar-refractivity contribution is 0.526. The van der Waals surface area contributed by atoms with Crippen molar-refractivity contribution >= 4 is 43.5 Å². The Morgan fingerprint density at radius 2 is 1.73 bits per heavy atom. The standard InChI is InChI=1S/C13H16BrN5O2S/c1-9-8-10(14)4-5-11(9)15-12-6-7-13(17-16-12)18-22(20,21)19(2)3/h4-8H,1-3H3,(H,15,16)(H,17,18). The van der Waals surface area contributed by atoms with Crippen molar-refractivity contribution in [1.82, 2.24) is 14.5 Å². The molecule has 0 aliphatic heterocycles. The van der Waals surface area contributed by atoms with Crippen molar-refractivity contribution in [2.75, 3.05) is 24.1 Å². The molecule has 0 unspecified atom stereocenters. The van der Waals surface area contributed by atoms with Gasteiger partial charge in [-0.1, -0.05) is 15.9 Å². The Kier molecular flexibility index (Phi) is 4.99. The molecule has 9 heteroatoms. The summed E-state index contributed by atoms with van der Waals surface area (Å²) in [7, 11) is -0.714. The van der Waals surface area contributed by atoms with Gasteiger partial charge in [0.15, 0.2) is 11.6 Å². The number of nitrogens with one attached hydrogen (secondary N) is 2. The van der Waals surface area contributed by atoms with E-state index in [1.807, 2.05) is 25.1 Å². The van der Waals surface area contributed by atoms with Crippen molar-refractivity contribution in [3.63, 3.8) is 0 Å². The van der Waals surface area contributed by atoms with Gasteiger partial charge < -0.3 is 5.32 Å². The summed E-state index contributed by atoms with van der Waals surface area (Å²) in [5.41, 5.74) is 1.95. The second kappa shape index (κ2) is 6.59. The highest BCUT2D eigenvalue weighted by Gasteiger charge is 2.13. The summed E-state index contributed by atoms with van der Waals surface area (Å²) < 4.78 is 27.7. The van der Waals surface area contributed by atoms with Gasteiger partial charge >= 0.3 is 10.2 Å². The number of halogens is 1. The molecule has 0 saturated heterocycles. The lowest BCUT2D eigenvalue weighted by Gasteiger charge is -2.13. The van der Waals surface area contributed by atoms with Crippen LogP contribution in [-0.4, -0.2) is 37.0 Å². The topological polar surface area (TPSA) is 87.2 Å². The van der Waals surface area contributed by atoms with Gasteiger partial charge in [-0.15, -0.1) is 10.2 Å². The van der Waals surface area contributed by atoms with E-state index < -0.39 is 10.2 Å². The first kappa shape index (κ1) is 16.7. The van der Waals surface area contributed by atoms with Crippen molar-refractivity contribution < 1.29 is 8.42 Å². The monoisotopic (exact) mass is 385 g/mol. The maximum atomic E-state index is 11.7. The third kappa shape index (κ3) is 4.15. The number of anilines is 3. The van der Waals surface area contributed by atoms with Crippen molar-refractivity contribution in [3.8, 4) is 0 Å². The highest BCUT2D eigenvalue weighted by molar-refractivity contribution is 9.10. The fraction of sp³-hybridized carbons (Fsp3) is 0.231. The molecule has 2 rings (SSSR count). The molecule has 1 aromatic carbocycles. The Bertz CT molecular complexity index is 762. The third-order valence-electron chi connectivity index (χ3n) is 2.83. The van der Waals surface area contributed by atoms with Crippen LogP contribution >= 0.6 is 15.9 Å². The van der Waals surface area contributed by atoms with Crippen LogP contribution in [0.5, 0.6) is 0 Å². The molecule has 1 aromatic heterocycles. The molecular formula is C13H16BrN5O2S. The van der Waals surface area contributed by atoms with E-state index in [1.54, 1.807) is 12.1 Å². The van der Waals surface area contributed by atoms with Crippen LogP contribution in [0.1, 0.15) is 5.56 Å². The molecule has 1 heterocycles. The fourth-order valence-electron chi connectivity index (χ4n) is 1.58. The zero-order valence-corrected chi connectivity index (χ0v) is 14.7. The quantitative estimate of drug-likeness (QED) is 0.825. The first-order chi connectivity index (χ1) is 10.3. The average Bonchev–Trinajstić information content (AvgIpc) is 2.43. The van der Waals surface area contributed by atoms with Gasteiger partial charge in [0.05, 0.1) is 0 Å². The van der Waals surface area contributed by atoms with Gasteiger partial charge in [0.2, 0.25) is 0 Å². The molecule has 0 aliphatic rings. The largest absolute Gasteiger partial charge is 0.339 e. The zero-order valence-electron chi connectivity index (χ0n) is 12.3. The van der Waals surface area contributed by atoms with E-state index in [4.69, 9.17) is 0 Å². The van der Waals surface area contributed by atoms with E-state index in [9.17, 15) is 8.42 Å². The van der Waals surface area contributed by atoms with Gasteiger partial charge in [-0.3, -0.25) is 4.72 Å². The van der Waals surface area contributed by atoms with Crippen LogP contribution in [0.25, 0.3) is 0 Å². The second-order valence-electron chi connectivity index (χ2n) is 4.78. The van der Waals surface area contributed by atoms with Gasteiger partial charge in [0.25, 0.3) is 0 Å². The van der Waals surface area contributed by atoms with Gasteiger partial charge in [-0.2, -0.15) is 12.7 Å². The average molecular weight is 386 g/mol. The minimum Gasteiger partial charge on any atom is -0.339 e. The summed E-state index contributed by atoms with van der Waals surface area (Å²) in [6.45, 7) is 1.97. The number of nitrogens with zero attached hydrogens (tertiary/aromatic N) is 3. The molecule has 2 N–H and O–H groups in total. The lowest BCUT2D eigenvalue weighted by atomic mass is 10.2. The molecule has 0 bridgehead atoms. The smallest absolute Gasteiger partial charge is 0.302 e. The maximum absolute atomic E-state index is 11.7. The molecule has 0 aliphatic carbocycles. The molecule has 0 amide bonds. The fourth-order valence-corrected chi connectivity index (χ4v) is 2.61. The Balaban J connectivity index is 2.12. The summed E-state index contributed by atoms with van der Waals surface area (Å²) in [6.07, 6.45) is 0. The first-order valence-electron chi connectivity index (χ1n) is 6.35. The number of aromatic nitrogens is 2. The van der Waals surface area contributed by atoms with E-state index in [1.165, 1.54) is 14.1 Å². The van der Waals surface area contributed by atoms with Crippen molar-refractivity contribution in [2.45, 2.75) is 6.92 Å². The van der Waals surface area contributed by atoms with Gasteiger partial charge in [-0.25, -0.2) is 0 Å². The zero-order chi connectivity index (χ0) is 16.3.